The lowest BCUT2D eigenvalue weighted by Crippen LogP contribution is -2.14. The minimum absolute atomic E-state index is 0.189. The molecule has 1 heterocycles. The quantitative estimate of drug-likeness (QED) is 0.875. The zero-order valence-corrected chi connectivity index (χ0v) is 11.3. The van der Waals surface area contributed by atoms with E-state index in [1.54, 1.807) is 18.2 Å². The molecule has 0 bridgehead atoms. The highest BCUT2D eigenvalue weighted by atomic mass is 35.5. The molecule has 2 rings (SSSR count). The van der Waals surface area contributed by atoms with Gasteiger partial charge in [0.25, 0.3) is 5.91 Å². The number of hydrogen-bond donors (Lipinski definition) is 1. The summed E-state index contributed by atoms with van der Waals surface area (Å²) in [7, 11) is 3.88. The Labute approximate surface area is 116 Å². The van der Waals surface area contributed by atoms with E-state index in [2.05, 4.69) is 15.3 Å². The van der Waals surface area contributed by atoms with Gasteiger partial charge in [0.1, 0.15) is 5.15 Å². The summed E-state index contributed by atoms with van der Waals surface area (Å²) in [6, 6.07) is 8.77. The zero-order valence-electron chi connectivity index (χ0n) is 10.6. The van der Waals surface area contributed by atoms with E-state index in [0.29, 0.717) is 5.56 Å². The zero-order chi connectivity index (χ0) is 13.8. The second-order valence-electron chi connectivity index (χ2n) is 4.10. The Morgan fingerprint density at radius 1 is 1.21 bits per heavy atom. The van der Waals surface area contributed by atoms with Crippen molar-refractivity contribution in [1.29, 1.82) is 0 Å². The van der Waals surface area contributed by atoms with Crippen LogP contribution in [0.15, 0.2) is 36.5 Å². The number of hydrogen-bond acceptors (Lipinski definition) is 4. The average molecular weight is 277 g/mol. The fourth-order valence-electron chi connectivity index (χ4n) is 1.48. The van der Waals surface area contributed by atoms with Gasteiger partial charge in [-0.2, -0.15) is 0 Å². The number of benzene rings is 1. The Kier molecular flexibility index (Phi) is 3.97. The molecule has 0 unspecified atom stereocenters. The van der Waals surface area contributed by atoms with Crippen molar-refractivity contribution in [3.63, 3.8) is 0 Å². The molecule has 0 aliphatic rings. The van der Waals surface area contributed by atoms with E-state index in [0.717, 1.165) is 5.69 Å². The van der Waals surface area contributed by atoms with Crippen LogP contribution >= 0.6 is 11.6 Å². The summed E-state index contributed by atoms with van der Waals surface area (Å²) >= 11 is 5.72. The van der Waals surface area contributed by atoms with Gasteiger partial charge in [-0.1, -0.05) is 11.6 Å². The molecule has 1 aromatic carbocycles. The van der Waals surface area contributed by atoms with Crippen LogP contribution in [-0.4, -0.2) is 30.0 Å². The lowest BCUT2D eigenvalue weighted by molar-refractivity contribution is 0.102. The van der Waals surface area contributed by atoms with Gasteiger partial charge in [-0.15, -0.1) is 0 Å². The number of rotatable bonds is 3. The molecule has 1 amide bonds. The molecule has 6 heteroatoms. The summed E-state index contributed by atoms with van der Waals surface area (Å²) < 4.78 is 0. The van der Waals surface area contributed by atoms with Gasteiger partial charge in [0.15, 0.2) is 0 Å². The molecule has 1 aromatic heterocycles. The number of carbonyl (C=O) groups is 1. The van der Waals surface area contributed by atoms with Gasteiger partial charge < -0.3 is 4.90 Å². The van der Waals surface area contributed by atoms with Gasteiger partial charge in [0, 0.05) is 31.5 Å². The Bertz CT molecular complexity index is 583. The first-order chi connectivity index (χ1) is 9.06. The van der Waals surface area contributed by atoms with Crippen LogP contribution in [0.2, 0.25) is 5.15 Å². The Morgan fingerprint density at radius 2 is 1.89 bits per heavy atom. The summed E-state index contributed by atoms with van der Waals surface area (Å²) in [5.41, 5.74) is 1.56. The van der Waals surface area contributed by atoms with Crippen molar-refractivity contribution in [1.82, 2.24) is 9.97 Å². The fraction of sp³-hybridized carbons (Fsp3) is 0.154. The number of aromatic nitrogens is 2. The molecule has 0 radical (unpaired) electrons. The average Bonchev–Trinajstić information content (AvgIpc) is 2.39. The third-order valence-corrected chi connectivity index (χ3v) is 2.70. The van der Waals surface area contributed by atoms with Crippen LogP contribution in [0.25, 0.3) is 0 Å². The molecule has 98 valence electrons. The summed E-state index contributed by atoms with van der Waals surface area (Å²) in [6.45, 7) is 0. The predicted molar refractivity (Wildman–Crippen MR) is 75.8 cm³/mol. The number of nitrogens with zero attached hydrogens (tertiary/aromatic N) is 3. The van der Waals surface area contributed by atoms with Crippen molar-refractivity contribution < 1.29 is 4.79 Å². The van der Waals surface area contributed by atoms with Crippen LogP contribution in [0.1, 0.15) is 10.4 Å². The molecular weight excluding hydrogens is 264 g/mol. The number of nitrogens with one attached hydrogen (secondary N) is 1. The van der Waals surface area contributed by atoms with Crippen LogP contribution in [-0.2, 0) is 0 Å². The molecule has 0 aliphatic heterocycles. The smallest absolute Gasteiger partial charge is 0.258 e. The largest absolute Gasteiger partial charge is 0.378 e. The number of amides is 1. The summed E-state index contributed by atoms with van der Waals surface area (Å²) in [5, 5.41) is 2.87. The van der Waals surface area contributed by atoms with Gasteiger partial charge in [0.2, 0.25) is 5.95 Å². The second-order valence-corrected chi connectivity index (χ2v) is 4.49. The third kappa shape index (κ3) is 3.42. The number of anilines is 2. The maximum atomic E-state index is 12.0. The van der Waals surface area contributed by atoms with Gasteiger partial charge in [0.05, 0.1) is 0 Å². The molecule has 0 saturated carbocycles. The van der Waals surface area contributed by atoms with E-state index in [1.165, 1.54) is 6.20 Å². The molecule has 0 fully saturated rings. The Morgan fingerprint density at radius 3 is 2.47 bits per heavy atom. The monoisotopic (exact) mass is 276 g/mol. The molecule has 2 aromatic rings. The van der Waals surface area contributed by atoms with E-state index in [-0.39, 0.29) is 17.0 Å². The fourth-order valence-corrected chi connectivity index (χ4v) is 1.62. The minimum atomic E-state index is -0.271. The van der Waals surface area contributed by atoms with Gasteiger partial charge in [-0.25, -0.2) is 9.97 Å². The lowest BCUT2D eigenvalue weighted by Gasteiger charge is -2.12. The van der Waals surface area contributed by atoms with Crippen LogP contribution < -0.4 is 10.2 Å². The Balaban J connectivity index is 2.11. The summed E-state index contributed by atoms with van der Waals surface area (Å²) in [5.74, 6) is -0.0817. The van der Waals surface area contributed by atoms with E-state index in [1.807, 2.05) is 31.1 Å². The van der Waals surface area contributed by atoms with Crippen molar-refractivity contribution in [2.45, 2.75) is 0 Å². The molecular formula is C13H13ClN4O. The van der Waals surface area contributed by atoms with E-state index in [9.17, 15) is 4.79 Å². The molecule has 0 atom stereocenters. The summed E-state index contributed by atoms with van der Waals surface area (Å²) in [4.78, 5) is 21.7. The minimum Gasteiger partial charge on any atom is -0.378 e. The highest BCUT2D eigenvalue weighted by molar-refractivity contribution is 6.29. The molecule has 0 spiro atoms. The SMILES string of the molecule is CN(C)c1ccc(C(=O)Nc2nccc(Cl)n2)cc1. The van der Waals surface area contributed by atoms with Crippen LogP contribution in [0.4, 0.5) is 11.6 Å². The van der Waals surface area contributed by atoms with Crippen LogP contribution in [0.3, 0.4) is 0 Å². The highest BCUT2D eigenvalue weighted by Crippen LogP contribution is 2.13. The lowest BCUT2D eigenvalue weighted by atomic mass is 10.2. The number of carbonyl (C=O) groups excluding carboxylic acids is 1. The van der Waals surface area contributed by atoms with Crippen molar-refractivity contribution >= 4 is 29.1 Å². The predicted octanol–water partition coefficient (Wildman–Crippen LogP) is 2.45. The van der Waals surface area contributed by atoms with E-state index < -0.39 is 0 Å². The van der Waals surface area contributed by atoms with E-state index in [4.69, 9.17) is 11.6 Å². The van der Waals surface area contributed by atoms with Crippen molar-refractivity contribution in [3.05, 3.63) is 47.2 Å². The highest BCUT2D eigenvalue weighted by Gasteiger charge is 2.08. The molecule has 19 heavy (non-hydrogen) atoms. The summed E-state index contributed by atoms with van der Waals surface area (Å²) in [6.07, 6.45) is 1.49. The maximum Gasteiger partial charge on any atom is 0.258 e. The molecule has 0 saturated heterocycles. The third-order valence-electron chi connectivity index (χ3n) is 2.49. The maximum absolute atomic E-state index is 12.0. The number of halogens is 1. The van der Waals surface area contributed by atoms with Gasteiger partial charge in [-0.3, -0.25) is 10.1 Å². The Hall–Kier alpha value is -2.14. The molecule has 5 nitrogen and oxygen atoms in total. The van der Waals surface area contributed by atoms with Crippen LogP contribution in [0, 0.1) is 0 Å². The van der Waals surface area contributed by atoms with E-state index >= 15 is 0 Å². The normalized spacial score (nSPS) is 10.1. The van der Waals surface area contributed by atoms with Crippen molar-refractivity contribution in [2.75, 3.05) is 24.3 Å². The first-order valence-corrected chi connectivity index (χ1v) is 6.01. The van der Waals surface area contributed by atoms with Crippen molar-refractivity contribution in [3.8, 4) is 0 Å². The van der Waals surface area contributed by atoms with Gasteiger partial charge in [-0.05, 0) is 30.3 Å². The van der Waals surface area contributed by atoms with Crippen molar-refractivity contribution in [2.24, 2.45) is 0 Å². The first kappa shape index (κ1) is 13.3. The second kappa shape index (κ2) is 5.67. The molecule has 0 aliphatic carbocycles. The van der Waals surface area contributed by atoms with Crippen LogP contribution in [0.5, 0.6) is 0 Å². The molecule has 1 N–H and O–H groups in total. The topological polar surface area (TPSA) is 58.1 Å². The standard InChI is InChI=1S/C13H13ClN4O/c1-18(2)10-5-3-9(4-6-10)12(19)17-13-15-8-7-11(14)16-13/h3-8H,1-2H3,(H,15,16,17,19). The first-order valence-electron chi connectivity index (χ1n) is 5.63. The van der Waals surface area contributed by atoms with Gasteiger partial charge >= 0.3 is 0 Å².